The fourth-order valence-corrected chi connectivity index (χ4v) is 2.25. The smallest absolute Gasteiger partial charge is 0.123 e. The van der Waals surface area contributed by atoms with Crippen LogP contribution in [0.3, 0.4) is 0 Å². The van der Waals surface area contributed by atoms with Crippen molar-refractivity contribution < 1.29 is 9.47 Å². The first kappa shape index (κ1) is 12.4. The summed E-state index contributed by atoms with van der Waals surface area (Å²) >= 11 is 0. The van der Waals surface area contributed by atoms with Crippen molar-refractivity contribution in [2.24, 2.45) is 0 Å². The van der Waals surface area contributed by atoms with Crippen molar-refractivity contribution in [3.05, 3.63) is 29.8 Å². The van der Waals surface area contributed by atoms with Gasteiger partial charge in [0, 0.05) is 24.8 Å². The molecule has 1 N–H and O–H groups in total. The highest BCUT2D eigenvalue weighted by molar-refractivity contribution is 5.35. The predicted octanol–water partition coefficient (Wildman–Crippen LogP) is 2.52. The van der Waals surface area contributed by atoms with Crippen molar-refractivity contribution in [3.8, 4) is 5.75 Å². The Morgan fingerprint density at radius 3 is 3.00 bits per heavy atom. The van der Waals surface area contributed by atoms with E-state index in [2.05, 4.69) is 18.3 Å². The third-order valence-electron chi connectivity index (χ3n) is 3.28. The van der Waals surface area contributed by atoms with Gasteiger partial charge in [0.15, 0.2) is 0 Å². The number of benzene rings is 1. The van der Waals surface area contributed by atoms with Crippen molar-refractivity contribution in [1.29, 1.82) is 0 Å². The summed E-state index contributed by atoms with van der Waals surface area (Å²) in [6.07, 6.45) is 2.74. The van der Waals surface area contributed by atoms with Crippen molar-refractivity contribution in [2.45, 2.75) is 31.9 Å². The monoisotopic (exact) mass is 235 g/mol. The molecule has 3 nitrogen and oxygen atoms in total. The van der Waals surface area contributed by atoms with E-state index in [0.717, 1.165) is 18.9 Å². The SMILES string of the molecule is COc1ccccc1[C@@H](C)NCC1CCCO1. The molecule has 94 valence electrons. The Bertz CT molecular complexity index is 348. The normalized spacial score (nSPS) is 21.4. The van der Waals surface area contributed by atoms with Crippen LogP contribution in [0.25, 0.3) is 0 Å². The molecule has 1 saturated heterocycles. The van der Waals surface area contributed by atoms with Gasteiger partial charge in [0.25, 0.3) is 0 Å². The molecule has 1 heterocycles. The van der Waals surface area contributed by atoms with Crippen LogP contribution in [-0.4, -0.2) is 26.4 Å². The van der Waals surface area contributed by atoms with Crippen LogP contribution in [0.2, 0.25) is 0 Å². The first-order valence-electron chi connectivity index (χ1n) is 6.29. The van der Waals surface area contributed by atoms with Gasteiger partial charge in [0.05, 0.1) is 13.2 Å². The van der Waals surface area contributed by atoms with E-state index < -0.39 is 0 Å². The number of rotatable bonds is 5. The topological polar surface area (TPSA) is 30.5 Å². The minimum Gasteiger partial charge on any atom is -0.496 e. The van der Waals surface area contributed by atoms with Gasteiger partial charge in [-0.2, -0.15) is 0 Å². The largest absolute Gasteiger partial charge is 0.496 e. The van der Waals surface area contributed by atoms with Crippen LogP contribution in [0.5, 0.6) is 5.75 Å². The van der Waals surface area contributed by atoms with Gasteiger partial charge in [-0.3, -0.25) is 0 Å². The van der Waals surface area contributed by atoms with E-state index in [1.165, 1.54) is 18.4 Å². The molecule has 2 atom stereocenters. The van der Waals surface area contributed by atoms with Crippen LogP contribution in [0.1, 0.15) is 31.4 Å². The molecule has 0 aromatic heterocycles. The number of nitrogens with one attached hydrogen (secondary N) is 1. The fraction of sp³-hybridized carbons (Fsp3) is 0.571. The molecule has 0 bridgehead atoms. The van der Waals surface area contributed by atoms with E-state index in [9.17, 15) is 0 Å². The molecule has 1 aliphatic heterocycles. The maximum atomic E-state index is 5.60. The molecule has 0 spiro atoms. The van der Waals surface area contributed by atoms with E-state index in [4.69, 9.17) is 9.47 Å². The van der Waals surface area contributed by atoms with Gasteiger partial charge in [-0.25, -0.2) is 0 Å². The minimum atomic E-state index is 0.287. The third kappa shape index (κ3) is 3.20. The Balaban J connectivity index is 1.91. The highest BCUT2D eigenvalue weighted by atomic mass is 16.5. The van der Waals surface area contributed by atoms with Crippen LogP contribution in [-0.2, 0) is 4.74 Å². The van der Waals surface area contributed by atoms with E-state index in [0.29, 0.717) is 6.10 Å². The Kier molecular flexibility index (Phi) is 4.40. The van der Waals surface area contributed by atoms with Crippen LogP contribution < -0.4 is 10.1 Å². The van der Waals surface area contributed by atoms with Gasteiger partial charge in [-0.05, 0) is 25.8 Å². The maximum Gasteiger partial charge on any atom is 0.123 e. The van der Waals surface area contributed by atoms with E-state index in [-0.39, 0.29) is 6.04 Å². The number of para-hydroxylation sites is 1. The molecule has 0 radical (unpaired) electrons. The van der Waals surface area contributed by atoms with Gasteiger partial charge in [-0.15, -0.1) is 0 Å². The molecular weight excluding hydrogens is 214 g/mol. The Morgan fingerprint density at radius 2 is 2.29 bits per heavy atom. The Hall–Kier alpha value is -1.06. The lowest BCUT2D eigenvalue weighted by Crippen LogP contribution is -2.28. The van der Waals surface area contributed by atoms with Crippen LogP contribution in [0.4, 0.5) is 0 Å². The van der Waals surface area contributed by atoms with E-state index in [1.807, 2.05) is 18.2 Å². The lowest BCUT2D eigenvalue weighted by atomic mass is 10.1. The second-order valence-corrected chi connectivity index (χ2v) is 4.51. The molecule has 2 rings (SSSR count). The van der Waals surface area contributed by atoms with E-state index in [1.54, 1.807) is 7.11 Å². The lowest BCUT2D eigenvalue weighted by Gasteiger charge is -2.19. The summed E-state index contributed by atoms with van der Waals surface area (Å²) in [5.41, 5.74) is 1.20. The minimum absolute atomic E-state index is 0.287. The molecule has 1 aromatic carbocycles. The van der Waals surface area contributed by atoms with Crippen LogP contribution in [0, 0.1) is 0 Å². The fourth-order valence-electron chi connectivity index (χ4n) is 2.25. The number of ether oxygens (including phenoxy) is 2. The average Bonchev–Trinajstić information content (AvgIpc) is 2.89. The van der Waals surface area contributed by atoms with Crippen molar-refractivity contribution in [3.63, 3.8) is 0 Å². The first-order chi connectivity index (χ1) is 8.31. The highest BCUT2D eigenvalue weighted by Gasteiger charge is 2.17. The van der Waals surface area contributed by atoms with Gasteiger partial charge in [-0.1, -0.05) is 18.2 Å². The Morgan fingerprint density at radius 1 is 1.47 bits per heavy atom. The zero-order valence-electron chi connectivity index (χ0n) is 10.6. The number of hydrogen-bond donors (Lipinski definition) is 1. The molecule has 1 unspecified atom stereocenters. The summed E-state index contributed by atoms with van der Waals surface area (Å²) in [5, 5.41) is 3.51. The lowest BCUT2D eigenvalue weighted by molar-refractivity contribution is 0.108. The molecule has 1 aliphatic rings. The maximum absolute atomic E-state index is 5.60. The molecular formula is C14H21NO2. The zero-order valence-corrected chi connectivity index (χ0v) is 10.6. The summed E-state index contributed by atoms with van der Waals surface area (Å²) in [4.78, 5) is 0. The van der Waals surface area contributed by atoms with Crippen LogP contribution >= 0.6 is 0 Å². The average molecular weight is 235 g/mol. The second-order valence-electron chi connectivity index (χ2n) is 4.51. The molecule has 0 amide bonds. The quantitative estimate of drug-likeness (QED) is 0.850. The third-order valence-corrected chi connectivity index (χ3v) is 3.28. The molecule has 0 saturated carbocycles. The van der Waals surface area contributed by atoms with Crippen molar-refractivity contribution in [1.82, 2.24) is 5.32 Å². The van der Waals surface area contributed by atoms with Gasteiger partial charge >= 0.3 is 0 Å². The zero-order chi connectivity index (χ0) is 12.1. The molecule has 17 heavy (non-hydrogen) atoms. The summed E-state index contributed by atoms with van der Waals surface area (Å²) in [7, 11) is 1.71. The summed E-state index contributed by atoms with van der Waals surface area (Å²) in [6.45, 7) is 3.99. The molecule has 3 heteroatoms. The predicted molar refractivity (Wildman–Crippen MR) is 68.4 cm³/mol. The standard InChI is InChI=1S/C14H21NO2/c1-11(15-10-12-6-5-9-17-12)13-7-3-4-8-14(13)16-2/h3-4,7-8,11-12,15H,5-6,9-10H2,1-2H3/t11-,12?/m1/s1. The molecule has 0 aliphatic carbocycles. The second kappa shape index (κ2) is 6.03. The van der Waals surface area contributed by atoms with Gasteiger partial charge < -0.3 is 14.8 Å². The number of methoxy groups -OCH3 is 1. The van der Waals surface area contributed by atoms with Crippen LogP contribution in [0.15, 0.2) is 24.3 Å². The summed E-state index contributed by atoms with van der Waals surface area (Å²) in [6, 6.07) is 8.43. The first-order valence-corrected chi connectivity index (χ1v) is 6.29. The van der Waals surface area contributed by atoms with Crippen molar-refractivity contribution >= 4 is 0 Å². The van der Waals surface area contributed by atoms with E-state index >= 15 is 0 Å². The Labute approximate surface area is 103 Å². The molecule has 1 fully saturated rings. The summed E-state index contributed by atoms with van der Waals surface area (Å²) in [5.74, 6) is 0.944. The van der Waals surface area contributed by atoms with Gasteiger partial charge in [0.1, 0.15) is 5.75 Å². The summed E-state index contributed by atoms with van der Waals surface area (Å²) < 4.78 is 11.0. The van der Waals surface area contributed by atoms with Crippen molar-refractivity contribution in [2.75, 3.05) is 20.3 Å². The molecule has 1 aromatic rings. The van der Waals surface area contributed by atoms with Gasteiger partial charge in [0.2, 0.25) is 0 Å². The highest BCUT2D eigenvalue weighted by Crippen LogP contribution is 2.24. The number of hydrogen-bond acceptors (Lipinski definition) is 3.